The molecule has 3 rings (SSSR count). The molecule has 1 aromatic heterocycles. The maximum Gasteiger partial charge on any atom is 0.337 e. The van der Waals surface area contributed by atoms with Gasteiger partial charge in [-0.15, -0.1) is 0 Å². The first-order valence-electron chi connectivity index (χ1n) is 8.71. The maximum atomic E-state index is 11.8. The Labute approximate surface area is 168 Å². The lowest BCUT2D eigenvalue weighted by Crippen LogP contribution is -2.05. The van der Waals surface area contributed by atoms with Gasteiger partial charge in [0.25, 0.3) is 0 Å². The molecule has 2 aromatic carbocycles. The fraction of sp³-hybridized carbons (Fsp3) is 0.190. The first-order chi connectivity index (χ1) is 13.4. The Morgan fingerprint density at radius 2 is 1.71 bits per heavy atom. The largest absolute Gasteiger partial charge is 0.465 e. The smallest absolute Gasteiger partial charge is 0.337 e. The maximum absolute atomic E-state index is 11.8. The molecule has 0 bridgehead atoms. The Kier molecular flexibility index (Phi) is 5.80. The van der Waals surface area contributed by atoms with E-state index in [2.05, 4.69) is 20.6 Å². The summed E-state index contributed by atoms with van der Waals surface area (Å²) in [6.45, 7) is 5.97. The monoisotopic (exact) mass is 396 g/mol. The van der Waals surface area contributed by atoms with Crippen LogP contribution in [0.5, 0.6) is 0 Å². The number of halogens is 1. The van der Waals surface area contributed by atoms with Crippen LogP contribution >= 0.6 is 11.6 Å². The average molecular weight is 397 g/mol. The van der Waals surface area contributed by atoms with Gasteiger partial charge in [0.15, 0.2) is 0 Å². The molecule has 0 aliphatic carbocycles. The van der Waals surface area contributed by atoms with E-state index < -0.39 is 5.97 Å². The molecule has 0 fully saturated rings. The lowest BCUT2D eigenvalue weighted by atomic mass is 10.1. The van der Waals surface area contributed by atoms with E-state index in [4.69, 9.17) is 16.3 Å². The molecule has 0 saturated carbocycles. The summed E-state index contributed by atoms with van der Waals surface area (Å²) in [5, 5.41) is 6.89. The van der Waals surface area contributed by atoms with Crippen molar-refractivity contribution in [2.75, 3.05) is 17.7 Å². The minimum absolute atomic E-state index is 0.373. The van der Waals surface area contributed by atoms with Crippen molar-refractivity contribution in [2.24, 2.45) is 0 Å². The van der Waals surface area contributed by atoms with Gasteiger partial charge in [0, 0.05) is 17.4 Å². The fourth-order valence-electron chi connectivity index (χ4n) is 2.81. The van der Waals surface area contributed by atoms with Crippen LogP contribution in [0.15, 0.2) is 42.5 Å². The Hall–Kier alpha value is -3.12. The summed E-state index contributed by atoms with van der Waals surface area (Å²) in [7, 11) is 1.33. The quantitative estimate of drug-likeness (QED) is 0.568. The highest BCUT2D eigenvalue weighted by Crippen LogP contribution is 2.28. The second-order valence-electron chi connectivity index (χ2n) is 6.42. The van der Waals surface area contributed by atoms with Crippen LogP contribution in [-0.4, -0.2) is 23.0 Å². The zero-order chi connectivity index (χ0) is 20.3. The summed E-state index contributed by atoms with van der Waals surface area (Å²) in [5.74, 6) is 0.590. The van der Waals surface area contributed by atoms with E-state index >= 15 is 0 Å². The minimum atomic E-state index is -0.442. The zero-order valence-electron chi connectivity index (χ0n) is 16.1. The average Bonchev–Trinajstić information content (AvgIpc) is 2.65. The summed E-state index contributed by atoms with van der Waals surface area (Å²) in [6, 6.07) is 12.8. The Morgan fingerprint density at radius 1 is 1.00 bits per heavy atom. The summed E-state index contributed by atoms with van der Waals surface area (Å²) >= 11 is 6.26. The van der Waals surface area contributed by atoms with E-state index in [0.29, 0.717) is 28.0 Å². The number of aromatic nitrogens is 2. The third kappa shape index (κ3) is 4.40. The van der Waals surface area contributed by atoms with Crippen molar-refractivity contribution in [2.45, 2.75) is 20.8 Å². The van der Waals surface area contributed by atoms with Gasteiger partial charge in [0.2, 0.25) is 5.95 Å². The highest BCUT2D eigenvalue weighted by atomic mass is 35.5. The predicted molar refractivity (Wildman–Crippen MR) is 112 cm³/mol. The van der Waals surface area contributed by atoms with E-state index in [1.165, 1.54) is 7.11 Å². The summed E-state index contributed by atoms with van der Waals surface area (Å²) < 4.78 is 4.76. The molecule has 3 aromatic rings. The van der Waals surface area contributed by atoms with Gasteiger partial charge in [0.1, 0.15) is 5.82 Å². The minimum Gasteiger partial charge on any atom is -0.465 e. The summed E-state index contributed by atoms with van der Waals surface area (Å²) in [6.07, 6.45) is 0. The van der Waals surface area contributed by atoms with Crippen LogP contribution in [0.4, 0.5) is 23.1 Å². The molecule has 0 unspecified atom stereocenters. The number of aryl methyl sites for hydroxylation is 3. The molecule has 0 saturated heterocycles. The van der Waals surface area contributed by atoms with Crippen molar-refractivity contribution in [1.82, 2.24) is 9.97 Å². The van der Waals surface area contributed by atoms with Crippen LogP contribution < -0.4 is 10.6 Å². The number of hydrogen-bond donors (Lipinski definition) is 2. The number of nitrogens with one attached hydrogen (secondary N) is 2. The topological polar surface area (TPSA) is 76.1 Å². The molecule has 0 atom stereocenters. The Balaban J connectivity index is 1.91. The number of benzene rings is 2. The highest BCUT2D eigenvalue weighted by molar-refractivity contribution is 6.33. The summed E-state index contributed by atoms with van der Waals surface area (Å²) in [5.41, 5.74) is 4.95. The zero-order valence-corrected chi connectivity index (χ0v) is 16.9. The molecular formula is C21H21ClN4O2. The SMILES string of the molecule is COC(=O)c1ccc(Cl)c(Nc2nc(C)cc(Nc3c(C)cccc3C)n2)c1. The molecule has 0 aliphatic heterocycles. The van der Waals surface area contributed by atoms with Gasteiger partial charge in [-0.2, -0.15) is 4.98 Å². The first kappa shape index (κ1) is 19.6. The lowest BCUT2D eigenvalue weighted by Gasteiger charge is -2.14. The lowest BCUT2D eigenvalue weighted by molar-refractivity contribution is 0.0601. The molecule has 144 valence electrons. The van der Waals surface area contributed by atoms with Gasteiger partial charge < -0.3 is 15.4 Å². The van der Waals surface area contributed by atoms with Crippen LogP contribution in [0, 0.1) is 20.8 Å². The van der Waals surface area contributed by atoms with Crippen LogP contribution in [0.1, 0.15) is 27.2 Å². The molecule has 0 radical (unpaired) electrons. The number of methoxy groups -OCH3 is 1. The van der Waals surface area contributed by atoms with Crippen LogP contribution in [0.2, 0.25) is 5.02 Å². The number of para-hydroxylation sites is 1. The third-order valence-corrected chi connectivity index (χ3v) is 4.55. The summed E-state index contributed by atoms with van der Waals surface area (Å²) in [4.78, 5) is 20.7. The standard InChI is InChI=1S/C21H21ClN4O2/c1-12-6-5-7-13(2)19(12)25-18-10-14(3)23-21(26-18)24-17-11-15(20(27)28-4)8-9-16(17)22/h5-11H,1-4H3,(H2,23,24,25,26). The Bertz CT molecular complexity index is 1020. The fourth-order valence-corrected chi connectivity index (χ4v) is 2.98. The molecule has 2 N–H and O–H groups in total. The van der Waals surface area contributed by atoms with Crippen LogP contribution in [0.3, 0.4) is 0 Å². The van der Waals surface area contributed by atoms with Gasteiger partial charge in [-0.3, -0.25) is 0 Å². The van der Waals surface area contributed by atoms with E-state index in [-0.39, 0.29) is 0 Å². The van der Waals surface area contributed by atoms with Crippen molar-refractivity contribution < 1.29 is 9.53 Å². The molecular weight excluding hydrogens is 376 g/mol. The molecule has 0 spiro atoms. The van der Waals surface area contributed by atoms with Crippen molar-refractivity contribution in [3.63, 3.8) is 0 Å². The van der Waals surface area contributed by atoms with E-state index in [1.807, 2.05) is 45.0 Å². The molecule has 0 aliphatic rings. The molecule has 6 nitrogen and oxygen atoms in total. The van der Waals surface area contributed by atoms with Crippen LogP contribution in [0.25, 0.3) is 0 Å². The van der Waals surface area contributed by atoms with Gasteiger partial charge >= 0.3 is 5.97 Å². The van der Waals surface area contributed by atoms with Gasteiger partial charge in [-0.25, -0.2) is 9.78 Å². The molecule has 0 amide bonds. The molecule has 28 heavy (non-hydrogen) atoms. The van der Waals surface area contributed by atoms with E-state index in [1.54, 1.807) is 18.2 Å². The van der Waals surface area contributed by atoms with E-state index in [9.17, 15) is 4.79 Å². The number of nitrogens with zero attached hydrogens (tertiary/aromatic N) is 2. The molecule has 7 heteroatoms. The number of carbonyl (C=O) groups excluding carboxylic acids is 1. The third-order valence-electron chi connectivity index (χ3n) is 4.22. The number of rotatable bonds is 5. The normalized spacial score (nSPS) is 10.5. The number of anilines is 4. The van der Waals surface area contributed by atoms with Crippen LogP contribution in [-0.2, 0) is 4.74 Å². The van der Waals surface area contributed by atoms with Crippen molar-refractivity contribution in [3.05, 3.63) is 69.9 Å². The molecule has 1 heterocycles. The number of ether oxygens (including phenoxy) is 1. The highest BCUT2D eigenvalue weighted by Gasteiger charge is 2.11. The second kappa shape index (κ2) is 8.27. The first-order valence-corrected chi connectivity index (χ1v) is 9.09. The van der Waals surface area contributed by atoms with Gasteiger partial charge in [-0.05, 0) is 50.1 Å². The van der Waals surface area contributed by atoms with Gasteiger partial charge in [-0.1, -0.05) is 29.8 Å². The van der Waals surface area contributed by atoms with Gasteiger partial charge in [0.05, 0.1) is 23.4 Å². The van der Waals surface area contributed by atoms with Crippen molar-refractivity contribution in [3.8, 4) is 0 Å². The van der Waals surface area contributed by atoms with E-state index in [0.717, 1.165) is 22.5 Å². The van der Waals surface area contributed by atoms with Crippen molar-refractivity contribution in [1.29, 1.82) is 0 Å². The predicted octanol–water partition coefficient (Wildman–Crippen LogP) is 5.33. The second-order valence-corrected chi connectivity index (χ2v) is 6.83. The number of esters is 1. The Morgan fingerprint density at radius 3 is 2.39 bits per heavy atom. The number of hydrogen-bond acceptors (Lipinski definition) is 6. The number of carbonyl (C=O) groups is 1. The van der Waals surface area contributed by atoms with Crippen molar-refractivity contribution >= 4 is 40.7 Å².